The maximum Gasteiger partial charge on any atom is 0.304 e. The first kappa shape index (κ1) is 14.4. The van der Waals surface area contributed by atoms with Crippen LogP contribution in [0.25, 0.3) is 0 Å². The van der Waals surface area contributed by atoms with Crippen LogP contribution in [0.5, 0.6) is 0 Å². The molecule has 0 aliphatic carbocycles. The van der Waals surface area contributed by atoms with Gasteiger partial charge in [-0.05, 0) is 24.9 Å². The third-order valence-electron chi connectivity index (χ3n) is 2.59. The summed E-state index contributed by atoms with van der Waals surface area (Å²) in [4.78, 5) is 13.0. The highest BCUT2D eigenvalue weighted by Gasteiger charge is 2.24. The van der Waals surface area contributed by atoms with Crippen molar-refractivity contribution in [2.75, 3.05) is 13.1 Å². The highest BCUT2D eigenvalue weighted by atomic mass is 16.4. The van der Waals surface area contributed by atoms with Gasteiger partial charge in [0.25, 0.3) is 0 Å². The molecule has 0 radical (unpaired) electrons. The van der Waals surface area contributed by atoms with Gasteiger partial charge in [0.15, 0.2) is 0 Å². The summed E-state index contributed by atoms with van der Waals surface area (Å²) < 4.78 is 0. The van der Waals surface area contributed by atoms with Crippen molar-refractivity contribution in [2.24, 2.45) is 5.41 Å². The number of carboxylic acids is 1. The van der Waals surface area contributed by atoms with Crippen LogP contribution in [0.15, 0.2) is 0 Å². The predicted molar refractivity (Wildman–Crippen MR) is 63.0 cm³/mol. The van der Waals surface area contributed by atoms with Crippen LogP contribution in [0.4, 0.5) is 0 Å². The molecule has 0 amide bonds. The molecule has 3 heteroatoms. The Bertz CT molecular complexity index is 192. The largest absolute Gasteiger partial charge is 0.481 e. The van der Waals surface area contributed by atoms with Gasteiger partial charge in [0.1, 0.15) is 0 Å². The number of aliphatic carboxylic acids is 1. The van der Waals surface area contributed by atoms with Gasteiger partial charge in [0.05, 0.1) is 6.42 Å². The first-order chi connectivity index (χ1) is 6.80. The molecule has 3 nitrogen and oxygen atoms in total. The highest BCUT2D eigenvalue weighted by molar-refractivity contribution is 5.67. The summed E-state index contributed by atoms with van der Waals surface area (Å²) in [5.74, 6) is -0.698. The van der Waals surface area contributed by atoms with Gasteiger partial charge < -0.3 is 10.0 Å². The van der Waals surface area contributed by atoms with E-state index in [1.807, 2.05) is 0 Å². The Hall–Kier alpha value is -0.570. The Morgan fingerprint density at radius 3 is 2.00 bits per heavy atom. The molecule has 1 unspecified atom stereocenters. The second kappa shape index (κ2) is 6.11. The molecule has 0 aliphatic rings. The zero-order valence-electron chi connectivity index (χ0n) is 10.7. The fourth-order valence-corrected chi connectivity index (χ4v) is 1.98. The second-order valence-electron chi connectivity index (χ2n) is 5.24. The molecule has 0 aliphatic heterocycles. The molecule has 1 atom stereocenters. The van der Waals surface area contributed by atoms with Crippen LogP contribution in [0.2, 0.25) is 0 Å². The van der Waals surface area contributed by atoms with Crippen LogP contribution in [-0.2, 0) is 4.79 Å². The molecule has 15 heavy (non-hydrogen) atoms. The summed E-state index contributed by atoms with van der Waals surface area (Å²) in [5.41, 5.74) is 0.183. The van der Waals surface area contributed by atoms with E-state index in [1.165, 1.54) is 0 Å². The lowest BCUT2D eigenvalue weighted by Gasteiger charge is -2.33. The van der Waals surface area contributed by atoms with Crippen LogP contribution in [-0.4, -0.2) is 35.1 Å². The average Bonchev–Trinajstić information content (AvgIpc) is 2.01. The second-order valence-corrected chi connectivity index (χ2v) is 5.24. The molecule has 1 N–H and O–H groups in total. The van der Waals surface area contributed by atoms with Crippen LogP contribution in [0.1, 0.15) is 47.5 Å². The van der Waals surface area contributed by atoms with Crippen LogP contribution < -0.4 is 0 Å². The van der Waals surface area contributed by atoms with Gasteiger partial charge in [-0.3, -0.25) is 4.79 Å². The Kier molecular flexibility index (Phi) is 5.88. The minimum absolute atomic E-state index is 0.164. The predicted octanol–water partition coefficient (Wildman–Crippen LogP) is 2.61. The Balaban J connectivity index is 4.49. The molecule has 0 aromatic heterocycles. The van der Waals surface area contributed by atoms with Gasteiger partial charge in [-0.25, -0.2) is 0 Å². The van der Waals surface area contributed by atoms with Crippen LogP contribution >= 0.6 is 0 Å². The minimum Gasteiger partial charge on any atom is -0.481 e. The van der Waals surface area contributed by atoms with E-state index in [-0.39, 0.29) is 17.9 Å². The zero-order chi connectivity index (χ0) is 12.1. The normalized spacial score (nSPS) is 14.3. The maximum absolute atomic E-state index is 10.8. The van der Waals surface area contributed by atoms with Gasteiger partial charge in [-0.1, -0.05) is 34.6 Å². The van der Waals surface area contributed by atoms with Crippen molar-refractivity contribution in [2.45, 2.75) is 53.5 Å². The van der Waals surface area contributed by atoms with Gasteiger partial charge in [0.2, 0.25) is 0 Å². The summed E-state index contributed by atoms with van der Waals surface area (Å²) in [6, 6.07) is 0.164. The van der Waals surface area contributed by atoms with E-state index in [0.29, 0.717) is 0 Å². The number of carboxylic acid groups (broad SMARTS) is 1. The lowest BCUT2D eigenvalue weighted by Crippen LogP contribution is -2.39. The van der Waals surface area contributed by atoms with Crippen molar-refractivity contribution in [1.82, 2.24) is 4.90 Å². The van der Waals surface area contributed by atoms with Crippen molar-refractivity contribution in [3.63, 3.8) is 0 Å². The first-order valence-electron chi connectivity index (χ1n) is 5.76. The Morgan fingerprint density at radius 1 is 1.27 bits per heavy atom. The van der Waals surface area contributed by atoms with E-state index in [1.54, 1.807) is 0 Å². The van der Waals surface area contributed by atoms with Crippen LogP contribution in [0.3, 0.4) is 0 Å². The standard InChI is InChI=1S/C12H25NO2/c1-6-13(7-2)10(8-11(14)15)9-12(3,4)5/h10H,6-9H2,1-5H3,(H,14,15). The van der Waals surface area contributed by atoms with Crippen molar-refractivity contribution in [3.8, 4) is 0 Å². The van der Waals surface area contributed by atoms with E-state index in [4.69, 9.17) is 5.11 Å². The van der Waals surface area contributed by atoms with E-state index in [9.17, 15) is 4.79 Å². The van der Waals surface area contributed by atoms with Gasteiger partial charge in [0, 0.05) is 6.04 Å². The fraction of sp³-hybridized carbons (Fsp3) is 0.917. The maximum atomic E-state index is 10.8. The SMILES string of the molecule is CCN(CC)C(CC(=O)O)CC(C)(C)C. The molecule has 0 fully saturated rings. The lowest BCUT2D eigenvalue weighted by atomic mass is 9.86. The summed E-state index contributed by atoms with van der Waals surface area (Å²) in [7, 11) is 0. The molecule has 0 aromatic rings. The summed E-state index contributed by atoms with van der Waals surface area (Å²) >= 11 is 0. The quantitative estimate of drug-likeness (QED) is 0.740. The number of rotatable bonds is 6. The smallest absolute Gasteiger partial charge is 0.304 e. The molecule has 0 saturated heterocycles. The number of hydrogen-bond donors (Lipinski definition) is 1. The average molecular weight is 215 g/mol. The first-order valence-corrected chi connectivity index (χ1v) is 5.76. The van der Waals surface area contributed by atoms with Crippen molar-refractivity contribution in [1.29, 1.82) is 0 Å². The Morgan fingerprint density at radius 2 is 1.73 bits per heavy atom. The highest BCUT2D eigenvalue weighted by Crippen LogP contribution is 2.25. The van der Waals surface area contributed by atoms with E-state index in [2.05, 4.69) is 39.5 Å². The van der Waals surface area contributed by atoms with Gasteiger partial charge in [-0.15, -0.1) is 0 Å². The van der Waals surface area contributed by atoms with Gasteiger partial charge in [-0.2, -0.15) is 0 Å². The van der Waals surface area contributed by atoms with E-state index in [0.717, 1.165) is 19.5 Å². The molecule has 0 heterocycles. The molecular formula is C12H25NO2. The minimum atomic E-state index is -0.698. The number of carbonyl (C=O) groups is 1. The molecule has 0 saturated carbocycles. The third-order valence-corrected chi connectivity index (χ3v) is 2.59. The Labute approximate surface area is 93.5 Å². The summed E-state index contributed by atoms with van der Waals surface area (Å²) in [5, 5.41) is 8.89. The topological polar surface area (TPSA) is 40.5 Å². The van der Waals surface area contributed by atoms with Crippen molar-refractivity contribution < 1.29 is 9.90 Å². The molecule has 0 rings (SSSR count). The molecular weight excluding hydrogens is 190 g/mol. The number of nitrogens with zero attached hydrogens (tertiary/aromatic N) is 1. The van der Waals surface area contributed by atoms with Gasteiger partial charge >= 0.3 is 5.97 Å². The van der Waals surface area contributed by atoms with Crippen molar-refractivity contribution >= 4 is 5.97 Å². The monoisotopic (exact) mass is 215 g/mol. The molecule has 0 aromatic carbocycles. The number of hydrogen-bond acceptors (Lipinski definition) is 2. The van der Waals surface area contributed by atoms with E-state index >= 15 is 0 Å². The van der Waals surface area contributed by atoms with Crippen LogP contribution in [0, 0.1) is 5.41 Å². The third kappa shape index (κ3) is 6.50. The molecule has 0 spiro atoms. The zero-order valence-corrected chi connectivity index (χ0v) is 10.7. The molecule has 0 bridgehead atoms. The molecule has 90 valence electrons. The lowest BCUT2D eigenvalue weighted by molar-refractivity contribution is -0.138. The summed E-state index contributed by atoms with van der Waals surface area (Å²) in [6.45, 7) is 12.5. The van der Waals surface area contributed by atoms with E-state index < -0.39 is 5.97 Å². The summed E-state index contributed by atoms with van der Waals surface area (Å²) in [6.07, 6.45) is 1.18. The fourth-order valence-electron chi connectivity index (χ4n) is 1.98. The van der Waals surface area contributed by atoms with Crippen molar-refractivity contribution in [3.05, 3.63) is 0 Å².